The molecule has 4 heteroatoms. The van der Waals surface area contributed by atoms with E-state index in [2.05, 4.69) is 16.5 Å². The summed E-state index contributed by atoms with van der Waals surface area (Å²) < 4.78 is 7.79. The minimum atomic E-state index is 0.0217. The second-order valence-corrected chi connectivity index (χ2v) is 4.35. The van der Waals surface area contributed by atoms with Crippen LogP contribution >= 0.6 is 0 Å². The van der Waals surface area contributed by atoms with Gasteiger partial charge in [0.25, 0.3) is 0 Å². The highest BCUT2D eigenvalue weighted by Gasteiger charge is 2.24. The van der Waals surface area contributed by atoms with E-state index in [-0.39, 0.29) is 12.1 Å². The molecule has 2 N–H and O–H groups in total. The first kappa shape index (κ1) is 11.9. The molecule has 0 aliphatic heterocycles. The van der Waals surface area contributed by atoms with E-state index in [0.717, 1.165) is 23.8 Å². The number of furan rings is 1. The highest BCUT2D eigenvalue weighted by Crippen LogP contribution is 2.25. The number of rotatable bonds is 4. The molecule has 2 unspecified atom stereocenters. The van der Waals surface area contributed by atoms with Crippen LogP contribution in [-0.2, 0) is 0 Å². The lowest BCUT2D eigenvalue weighted by Gasteiger charge is -2.23. The van der Waals surface area contributed by atoms with Crippen LogP contribution in [0.5, 0.6) is 0 Å². The highest BCUT2D eigenvalue weighted by molar-refractivity contribution is 5.14. The van der Waals surface area contributed by atoms with Gasteiger partial charge in [-0.3, -0.25) is 0 Å². The van der Waals surface area contributed by atoms with Crippen molar-refractivity contribution in [2.75, 3.05) is 0 Å². The number of imidazole rings is 1. The molecule has 2 aromatic rings. The van der Waals surface area contributed by atoms with E-state index in [0.29, 0.717) is 0 Å². The summed E-state index contributed by atoms with van der Waals surface area (Å²) in [7, 11) is 0. The molecule has 2 aromatic heterocycles. The van der Waals surface area contributed by atoms with E-state index >= 15 is 0 Å². The van der Waals surface area contributed by atoms with Gasteiger partial charge in [-0.25, -0.2) is 4.98 Å². The molecule has 92 valence electrons. The molecule has 0 radical (unpaired) electrons. The molecule has 0 spiro atoms. The summed E-state index contributed by atoms with van der Waals surface area (Å²) in [6.07, 6.45) is 4.63. The fourth-order valence-electron chi connectivity index (χ4n) is 2.07. The molecule has 4 nitrogen and oxygen atoms in total. The average molecular weight is 233 g/mol. The molecule has 2 heterocycles. The van der Waals surface area contributed by atoms with E-state index in [9.17, 15) is 0 Å². The van der Waals surface area contributed by atoms with E-state index < -0.39 is 0 Å². The minimum Gasteiger partial charge on any atom is -0.464 e. The maximum atomic E-state index is 6.21. The normalized spacial score (nSPS) is 14.8. The summed E-state index contributed by atoms with van der Waals surface area (Å²) in [4.78, 5) is 4.25. The second-order valence-electron chi connectivity index (χ2n) is 4.35. The largest absolute Gasteiger partial charge is 0.464 e. The Bertz CT molecular complexity index is 486. The number of nitrogens with two attached hydrogens (primary N) is 1. The van der Waals surface area contributed by atoms with Crippen LogP contribution in [0.3, 0.4) is 0 Å². The van der Waals surface area contributed by atoms with Crippen LogP contribution < -0.4 is 5.73 Å². The van der Waals surface area contributed by atoms with Crippen LogP contribution in [0.2, 0.25) is 0 Å². The molecule has 2 atom stereocenters. The van der Waals surface area contributed by atoms with Crippen LogP contribution in [0, 0.1) is 13.8 Å². The monoisotopic (exact) mass is 233 g/mol. The van der Waals surface area contributed by atoms with Crippen molar-refractivity contribution in [3.05, 3.63) is 41.9 Å². The molecule has 17 heavy (non-hydrogen) atoms. The summed E-state index contributed by atoms with van der Waals surface area (Å²) >= 11 is 0. The van der Waals surface area contributed by atoms with Crippen molar-refractivity contribution in [3.63, 3.8) is 0 Å². The van der Waals surface area contributed by atoms with E-state index in [1.807, 2.05) is 32.2 Å². The van der Waals surface area contributed by atoms with Crippen molar-refractivity contribution < 1.29 is 4.42 Å². The van der Waals surface area contributed by atoms with Gasteiger partial charge in [0.15, 0.2) is 0 Å². The molecule has 0 aliphatic rings. The fourth-order valence-corrected chi connectivity index (χ4v) is 2.07. The number of hydrogen-bond acceptors (Lipinski definition) is 3. The van der Waals surface area contributed by atoms with Crippen molar-refractivity contribution in [2.24, 2.45) is 5.73 Å². The van der Waals surface area contributed by atoms with Crippen molar-refractivity contribution in [2.45, 2.75) is 39.3 Å². The first-order valence-electron chi connectivity index (χ1n) is 5.94. The van der Waals surface area contributed by atoms with Crippen molar-refractivity contribution in [1.82, 2.24) is 9.55 Å². The Morgan fingerprint density at radius 3 is 2.65 bits per heavy atom. The Balaban J connectivity index is 2.42. The molecule has 0 amide bonds. The zero-order valence-corrected chi connectivity index (χ0v) is 10.6. The number of aromatic nitrogens is 2. The molecule has 0 saturated heterocycles. The molecule has 2 rings (SSSR count). The van der Waals surface area contributed by atoms with Crippen molar-refractivity contribution >= 4 is 0 Å². The lowest BCUT2D eigenvalue weighted by Crippen LogP contribution is -2.32. The molecule has 0 bridgehead atoms. The van der Waals surface area contributed by atoms with Gasteiger partial charge in [-0.05, 0) is 32.4 Å². The molecular formula is C13H19N3O. The summed E-state index contributed by atoms with van der Waals surface area (Å²) in [6, 6.07) is 4.01. The van der Waals surface area contributed by atoms with Crippen molar-refractivity contribution in [3.8, 4) is 0 Å². The molecular weight excluding hydrogens is 214 g/mol. The maximum absolute atomic E-state index is 6.21. The SMILES string of the molecule is CCC(N)C(c1ccc(C)o1)n1ccnc1C. The molecule has 0 aromatic carbocycles. The van der Waals surface area contributed by atoms with E-state index in [1.54, 1.807) is 6.20 Å². The van der Waals surface area contributed by atoms with E-state index in [1.165, 1.54) is 0 Å². The van der Waals surface area contributed by atoms with Crippen molar-refractivity contribution in [1.29, 1.82) is 0 Å². The average Bonchev–Trinajstić information content (AvgIpc) is 2.90. The summed E-state index contributed by atoms with van der Waals surface area (Å²) in [5.41, 5.74) is 6.21. The van der Waals surface area contributed by atoms with Crippen LogP contribution in [0.1, 0.15) is 36.7 Å². The minimum absolute atomic E-state index is 0.0217. The number of nitrogens with zero attached hydrogens (tertiary/aromatic N) is 2. The van der Waals surface area contributed by atoms with Crippen LogP contribution in [0.25, 0.3) is 0 Å². The zero-order valence-electron chi connectivity index (χ0n) is 10.6. The first-order valence-corrected chi connectivity index (χ1v) is 5.94. The van der Waals surface area contributed by atoms with E-state index in [4.69, 9.17) is 10.2 Å². The fraction of sp³-hybridized carbons (Fsp3) is 0.462. The van der Waals surface area contributed by atoms with Gasteiger partial charge in [0.2, 0.25) is 0 Å². The molecule has 0 saturated carbocycles. The summed E-state index contributed by atoms with van der Waals surface area (Å²) in [5.74, 6) is 2.76. The predicted octanol–water partition coefficient (Wildman–Crippen LogP) is 2.42. The lowest BCUT2D eigenvalue weighted by molar-refractivity contribution is 0.361. The van der Waals surface area contributed by atoms with Gasteiger partial charge in [-0.1, -0.05) is 6.92 Å². The standard InChI is InChI=1S/C13H19N3O/c1-4-11(14)13(12-6-5-9(2)17-12)16-8-7-15-10(16)3/h5-8,11,13H,4,14H2,1-3H3. The summed E-state index contributed by atoms with van der Waals surface area (Å²) in [5, 5.41) is 0. The Morgan fingerprint density at radius 1 is 1.41 bits per heavy atom. The highest BCUT2D eigenvalue weighted by atomic mass is 16.3. The van der Waals surface area contributed by atoms with Gasteiger partial charge in [0.1, 0.15) is 23.4 Å². The first-order chi connectivity index (χ1) is 8.13. The quantitative estimate of drug-likeness (QED) is 0.882. The Labute approximate surface area is 101 Å². The Hall–Kier alpha value is -1.55. The van der Waals surface area contributed by atoms with Gasteiger partial charge in [-0.15, -0.1) is 0 Å². The van der Waals surface area contributed by atoms with Crippen LogP contribution in [-0.4, -0.2) is 15.6 Å². The summed E-state index contributed by atoms with van der Waals surface area (Å²) in [6.45, 7) is 6.00. The molecule has 0 aliphatic carbocycles. The second kappa shape index (κ2) is 4.75. The number of hydrogen-bond donors (Lipinski definition) is 1. The van der Waals surface area contributed by atoms with Crippen LogP contribution in [0.15, 0.2) is 28.9 Å². The smallest absolute Gasteiger partial charge is 0.128 e. The maximum Gasteiger partial charge on any atom is 0.128 e. The van der Waals surface area contributed by atoms with Gasteiger partial charge in [0.05, 0.1) is 0 Å². The third-order valence-electron chi connectivity index (χ3n) is 3.09. The van der Waals surface area contributed by atoms with Gasteiger partial charge in [0, 0.05) is 18.4 Å². The topological polar surface area (TPSA) is 57.0 Å². The van der Waals surface area contributed by atoms with Gasteiger partial charge < -0.3 is 14.7 Å². The number of aryl methyl sites for hydroxylation is 2. The third-order valence-corrected chi connectivity index (χ3v) is 3.09. The third kappa shape index (κ3) is 2.26. The lowest BCUT2D eigenvalue weighted by atomic mass is 10.0. The predicted molar refractivity (Wildman–Crippen MR) is 66.8 cm³/mol. The Kier molecular flexibility index (Phi) is 3.33. The van der Waals surface area contributed by atoms with Gasteiger partial charge >= 0.3 is 0 Å². The Morgan fingerprint density at radius 2 is 2.18 bits per heavy atom. The molecule has 0 fully saturated rings. The van der Waals surface area contributed by atoms with Gasteiger partial charge in [-0.2, -0.15) is 0 Å². The van der Waals surface area contributed by atoms with Crippen LogP contribution in [0.4, 0.5) is 0 Å². The zero-order chi connectivity index (χ0) is 12.4.